The zero-order chi connectivity index (χ0) is 20.0. The highest BCUT2D eigenvalue weighted by molar-refractivity contribution is 9.10. The minimum absolute atomic E-state index is 0.0151. The second-order valence-corrected chi connectivity index (χ2v) is 7.60. The van der Waals surface area contributed by atoms with Gasteiger partial charge in [-0.25, -0.2) is 4.79 Å². The van der Waals surface area contributed by atoms with E-state index in [-0.39, 0.29) is 24.5 Å². The van der Waals surface area contributed by atoms with Gasteiger partial charge in [-0.05, 0) is 49.7 Å². The van der Waals surface area contributed by atoms with Crippen molar-refractivity contribution in [1.29, 1.82) is 0 Å². The maximum Gasteiger partial charge on any atom is 0.317 e. The maximum atomic E-state index is 12.7. The number of ketones is 1. The van der Waals surface area contributed by atoms with Crippen molar-refractivity contribution in [1.82, 2.24) is 10.2 Å². The van der Waals surface area contributed by atoms with Crippen LogP contribution in [-0.2, 0) is 6.54 Å². The first-order valence-electron chi connectivity index (χ1n) is 8.50. The van der Waals surface area contributed by atoms with Gasteiger partial charge < -0.3 is 15.0 Å². The fraction of sp³-hybridized carbons (Fsp3) is 0.300. The molecule has 0 aliphatic rings. The van der Waals surface area contributed by atoms with Gasteiger partial charge in [0.15, 0.2) is 5.78 Å². The molecular weight excluding hydrogens is 432 g/mol. The molecule has 5 nitrogen and oxygen atoms in total. The Morgan fingerprint density at radius 3 is 2.41 bits per heavy atom. The van der Waals surface area contributed by atoms with Gasteiger partial charge in [0.05, 0.1) is 17.7 Å². The lowest BCUT2D eigenvalue weighted by molar-refractivity contribution is 0.0940. The van der Waals surface area contributed by atoms with Crippen molar-refractivity contribution in [2.75, 3.05) is 13.6 Å². The number of urea groups is 1. The molecule has 0 aromatic heterocycles. The van der Waals surface area contributed by atoms with Crippen LogP contribution in [0.25, 0.3) is 0 Å². The van der Waals surface area contributed by atoms with Gasteiger partial charge in [0, 0.05) is 23.6 Å². The number of carbonyl (C=O) groups is 2. The molecule has 144 valence electrons. The minimum Gasteiger partial charge on any atom is -0.489 e. The van der Waals surface area contributed by atoms with Gasteiger partial charge in [-0.3, -0.25) is 4.79 Å². The van der Waals surface area contributed by atoms with Crippen molar-refractivity contribution >= 4 is 39.3 Å². The van der Waals surface area contributed by atoms with Gasteiger partial charge in [0.1, 0.15) is 5.75 Å². The Labute approximate surface area is 172 Å². The molecule has 2 rings (SSSR count). The molecule has 2 aromatic carbocycles. The Morgan fingerprint density at radius 1 is 1.19 bits per heavy atom. The van der Waals surface area contributed by atoms with Crippen molar-refractivity contribution in [3.63, 3.8) is 0 Å². The highest BCUT2D eigenvalue weighted by Gasteiger charge is 2.19. The largest absolute Gasteiger partial charge is 0.489 e. The second-order valence-electron chi connectivity index (χ2n) is 6.27. The van der Waals surface area contributed by atoms with E-state index >= 15 is 0 Å². The molecule has 27 heavy (non-hydrogen) atoms. The van der Waals surface area contributed by atoms with Crippen molar-refractivity contribution < 1.29 is 14.3 Å². The first-order valence-corrected chi connectivity index (χ1v) is 9.67. The number of Topliss-reactive ketones (excluding diaryl/α,β-unsaturated/α-hetero) is 1. The first-order chi connectivity index (χ1) is 12.8. The third-order valence-corrected chi connectivity index (χ3v) is 4.56. The van der Waals surface area contributed by atoms with E-state index in [1.807, 2.05) is 38.1 Å². The summed E-state index contributed by atoms with van der Waals surface area (Å²) < 4.78 is 6.53. The average molecular weight is 454 g/mol. The van der Waals surface area contributed by atoms with E-state index in [1.165, 1.54) is 11.9 Å². The molecule has 0 atom stereocenters. The van der Waals surface area contributed by atoms with Crippen molar-refractivity contribution in [3.05, 3.63) is 63.1 Å². The summed E-state index contributed by atoms with van der Waals surface area (Å²) in [7, 11) is 1.54. The summed E-state index contributed by atoms with van der Waals surface area (Å²) in [6.45, 7) is 4.06. The summed E-state index contributed by atoms with van der Waals surface area (Å²) in [4.78, 5) is 26.3. The number of hydrogen-bond donors (Lipinski definition) is 1. The molecule has 1 N–H and O–H groups in total. The van der Waals surface area contributed by atoms with Crippen LogP contribution in [0.2, 0.25) is 5.02 Å². The number of amides is 2. The van der Waals surface area contributed by atoms with E-state index in [9.17, 15) is 9.59 Å². The molecule has 0 saturated heterocycles. The summed E-state index contributed by atoms with van der Waals surface area (Å²) in [5.74, 6) is 0.329. The van der Waals surface area contributed by atoms with Crippen LogP contribution in [-0.4, -0.2) is 36.4 Å². The Bertz CT molecular complexity index is 809. The Balaban J connectivity index is 2.14. The molecule has 0 aliphatic carbocycles. The summed E-state index contributed by atoms with van der Waals surface area (Å²) in [6, 6.07) is 12.2. The van der Waals surface area contributed by atoms with E-state index in [4.69, 9.17) is 16.3 Å². The van der Waals surface area contributed by atoms with E-state index in [0.717, 1.165) is 10.0 Å². The van der Waals surface area contributed by atoms with Gasteiger partial charge in [-0.2, -0.15) is 0 Å². The topological polar surface area (TPSA) is 58.6 Å². The van der Waals surface area contributed by atoms with Crippen molar-refractivity contribution in [2.24, 2.45) is 0 Å². The predicted molar refractivity (Wildman–Crippen MR) is 111 cm³/mol. The second kappa shape index (κ2) is 9.76. The number of nitrogens with one attached hydrogen (secondary N) is 1. The number of nitrogens with zero attached hydrogens (tertiary/aromatic N) is 1. The van der Waals surface area contributed by atoms with Gasteiger partial charge >= 0.3 is 6.03 Å². The van der Waals surface area contributed by atoms with Crippen LogP contribution in [0.1, 0.15) is 29.8 Å². The zero-order valence-corrected chi connectivity index (χ0v) is 17.8. The molecule has 0 fully saturated rings. The highest BCUT2D eigenvalue weighted by atomic mass is 79.9. The van der Waals surface area contributed by atoms with E-state index in [1.54, 1.807) is 18.2 Å². The lowest BCUT2D eigenvalue weighted by Crippen LogP contribution is -2.40. The quantitative estimate of drug-likeness (QED) is 0.606. The van der Waals surface area contributed by atoms with Crippen LogP contribution in [0.3, 0.4) is 0 Å². The minimum atomic E-state index is -0.322. The van der Waals surface area contributed by atoms with Crippen molar-refractivity contribution in [3.8, 4) is 5.75 Å². The molecule has 0 heterocycles. The molecule has 0 unspecified atom stereocenters. The van der Waals surface area contributed by atoms with Gasteiger partial charge in [-0.15, -0.1) is 0 Å². The molecule has 2 amide bonds. The Kier molecular flexibility index (Phi) is 7.68. The molecule has 0 saturated carbocycles. The normalized spacial score (nSPS) is 10.6. The number of ether oxygens (including phenoxy) is 1. The third kappa shape index (κ3) is 6.26. The zero-order valence-electron chi connectivity index (χ0n) is 15.5. The van der Waals surface area contributed by atoms with Gasteiger partial charge in [0.25, 0.3) is 0 Å². The summed E-state index contributed by atoms with van der Waals surface area (Å²) in [5, 5.41) is 2.94. The fourth-order valence-electron chi connectivity index (χ4n) is 2.46. The Morgan fingerprint density at radius 2 is 1.85 bits per heavy atom. The average Bonchev–Trinajstić information content (AvgIpc) is 2.63. The standard InChI is InChI=1S/C20H22BrClN2O3/c1-13(2)27-19-9-6-15(10-17(19)22)18(25)12-24(20(26)23-3)11-14-4-7-16(21)8-5-14/h4-10,13H,11-12H2,1-3H3,(H,23,26). The smallest absolute Gasteiger partial charge is 0.317 e. The first kappa shape index (κ1) is 21.3. The summed E-state index contributed by atoms with van der Waals surface area (Å²) in [6.07, 6.45) is -0.0151. The SMILES string of the molecule is CNC(=O)N(CC(=O)c1ccc(OC(C)C)c(Cl)c1)Cc1ccc(Br)cc1. The number of benzene rings is 2. The number of rotatable bonds is 7. The third-order valence-electron chi connectivity index (χ3n) is 3.74. The molecule has 2 aromatic rings. The van der Waals surface area contributed by atoms with Crippen LogP contribution in [0.15, 0.2) is 46.9 Å². The van der Waals surface area contributed by atoms with Crippen LogP contribution in [0.5, 0.6) is 5.75 Å². The van der Waals surface area contributed by atoms with E-state index in [0.29, 0.717) is 22.9 Å². The monoisotopic (exact) mass is 452 g/mol. The molecular formula is C20H22BrClN2O3. The molecule has 0 aliphatic heterocycles. The number of hydrogen-bond acceptors (Lipinski definition) is 3. The van der Waals surface area contributed by atoms with Crippen LogP contribution in [0, 0.1) is 0 Å². The Hall–Kier alpha value is -2.05. The molecule has 0 bridgehead atoms. The highest BCUT2D eigenvalue weighted by Crippen LogP contribution is 2.26. The van der Waals surface area contributed by atoms with E-state index in [2.05, 4.69) is 21.2 Å². The van der Waals surface area contributed by atoms with Gasteiger partial charge in [0.2, 0.25) is 0 Å². The van der Waals surface area contributed by atoms with Gasteiger partial charge in [-0.1, -0.05) is 39.7 Å². The number of carbonyl (C=O) groups excluding carboxylic acids is 2. The molecule has 0 spiro atoms. The van der Waals surface area contributed by atoms with E-state index < -0.39 is 0 Å². The van der Waals surface area contributed by atoms with Crippen LogP contribution in [0.4, 0.5) is 4.79 Å². The lowest BCUT2D eigenvalue weighted by Gasteiger charge is -2.22. The van der Waals surface area contributed by atoms with Crippen LogP contribution >= 0.6 is 27.5 Å². The molecule has 7 heteroatoms. The fourth-order valence-corrected chi connectivity index (χ4v) is 2.95. The lowest BCUT2D eigenvalue weighted by atomic mass is 10.1. The summed E-state index contributed by atoms with van der Waals surface area (Å²) in [5.41, 5.74) is 1.36. The molecule has 0 radical (unpaired) electrons. The number of halogens is 2. The van der Waals surface area contributed by atoms with Crippen molar-refractivity contribution in [2.45, 2.75) is 26.5 Å². The predicted octanol–water partition coefficient (Wildman–Crippen LogP) is 4.91. The van der Waals surface area contributed by atoms with Crippen LogP contribution < -0.4 is 10.1 Å². The maximum absolute atomic E-state index is 12.7. The summed E-state index contributed by atoms with van der Waals surface area (Å²) >= 11 is 9.60.